The van der Waals surface area contributed by atoms with Gasteiger partial charge in [-0.1, -0.05) is 6.07 Å². The molecule has 1 aliphatic rings. The summed E-state index contributed by atoms with van der Waals surface area (Å²) in [6.45, 7) is 0. The first-order valence-corrected chi connectivity index (χ1v) is 4.53. The molecule has 0 saturated heterocycles. The molecule has 64 valence electrons. The third kappa shape index (κ3) is 1.12. The first-order chi connectivity index (χ1) is 6.24. The second kappa shape index (κ2) is 2.86. The van der Waals surface area contributed by atoms with Crippen molar-refractivity contribution >= 4 is 21.9 Å². The monoisotopic (exact) mass is 237 g/mol. The van der Waals surface area contributed by atoms with Gasteiger partial charge in [0.15, 0.2) is 5.01 Å². The van der Waals surface area contributed by atoms with Crippen LogP contribution < -0.4 is 0 Å². The fraction of sp³-hybridized carbons (Fsp3) is 0.111. The van der Waals surface area contributed by atoms with Gasteiger partial charge in [-0.15, -0.1) is 0 Å². The maximum atomic E-state index is 11.2. The highest BCUT2D eigenvalue weighted by Gasteiger charge is 2.31. The normalized spacial score (nSPS) is 19.1. The van der Waals surface area contributed by atoms with Crippen molar-refractivity contribution in [1.29, 1.82) is 5.26 Å². The van der Waals surface area contributed by atoms with Gasteiger partial charge in [0.25, 0.3) is 0 Å². The lowest BCUT2D eigenvalue weighted by molar-refractivity contribution is 0.0530. The summed E-state index contributed by atoms with van der Waals surface area (Å²) in [7, 11) is 0. The minimum atomic E-state index is -0.481. The molecule has 0 bridgehead atoms. The van der Waals surface area contributed by atoms with Crippen LogP contribution in [0.3, 0.4) is 0 Å². The van der Waals surface area contributed by atoms with E-state index in [9.17, 15) is 4.79 Å². The minimum Gasteiger partial charge on any atom is -0.442 e. The molecule has 0 saturated carbocycles. The Bertz CT molecular complexity index is 422. The average Bonchev–Trinajstić information content (AvgIpc) is 2.43. The van der Waals surface area contributed by atoms with Crippen LogP contribution in [0.5, 0.6) is 0 Å². The zero-order valence-electron chi connectivity index (χ0n) is 6.45. The molecule has 0 amide bonds. The summed E-state index contributed by atoms with van der Waals surface area (Å²) in [5.74, 6) is -0.381. The quantitative estimate of drug-likeness (QED) is 0.513. The van der Waals surface area contributed by atoms with Crippen LogP contribution in [0.15, 0.2) is 18.2 Å². The highest BCUT2D eigenvalue weighted by atomic mass is 79.9. The highest BCUT2D eigenvalue weighted by molar-refractivity contribution is 9.09. The van der Waals surface area contributed by atoms with Crippen LogP contribution in [0.25, 0.3) is 0 Å². The van der Waals surface area contributed by atoms with E-state index in [4.69, 9.17) is 10.00 Å². The third-order valence-electron chi connectivity index (χ3n) is 1.88. The molecule has 3 nitrogen and oxygen atoms in total. The number of halogens is 1. The Morgan fingerprint density at radius 1 is 1.54 bits per heavy atom. The van der Waals surface area contributed by atoms with E-state index in [-0.39, 0.29) is 5.97 Å². The van der Waals surface area contributed by atoms with Crippen molar-refractivity contribution in [3.05, 3.63) is 34.9 Å². The van der Waals surface area contributed by atoms with E-state index in [1.807, 2.05) is 6.07 Å². The van der Waals surface area contributed by atoms with Crippen molar-refractivity contribution < 1.29 is 9.53 Å². The van der Waals surface area contributed by atoms with Crippen LogP contribution in [-0.4, -0.2) is 5.97 Å². The second-order valence-corrected chi connectivity index (χ2v) is 3.43. The predicted octanol–water partition coefficient (Wildman–Crippen LogP) is 2.12. The summed E-state index contributed by atoms with van der Waals surface area (Å²) < 4.78 is 4.90. The molecular formula is C9H4BrNO2. The number of nitriles is 1. The smallest absolute Gasteiger partial charge is 0.340 e. The molecule has 0 aliphatic carbocycles. The van der Waals surface area contributed by atoms with Crippen molar-refractivity contribution in [1.82, 2.24) is 0 Å². The molecule has 1 atom stereocenters. The van der Waals surface area contributed by atoms with E-state index in [0.29, 0.717) is 16.7 Å². The first kappa shape index (κ1) is 8.27. The van der Waals surface area contributed by atoms with Gasteiger partial charge in [0, 0.05) is 5.56 Å². The fourth-order valence-corrected chi connectivity index (χ4v) is 1.96. The number of hydrogen-bond donors (Lipinski definition) is 0. The number of rotatable bonds is 0. The van der Waals surface area contributed by atoms with Crippen molar-refractivity contribution in [3.8, 4) is 6.07 Å². The molecule has 0 N–H and O–H groups in total. The Kier molecular flexibility index (Phi) is 1.82. The number of carbonyl (C=O) groups is 1. The van der Waals surface area contributed by atoms with Gasteiger partial charge in [0.2, 0.25) is 0 Å². The molecule has 13 heavy (non-hydrogen) atoms. The number of alkyl halides is 1. The second-order valence-electron chi connectivity index (χ2n) is 2.60. The van der Waals surface area contributed by atoms with E-state index >= 15 is 0 Å². The summed E-state index contributed by atoms with van der Waals surface area (Å²) in [4.78, 5) is 11.2. The Hall–Kier alpha value is -1.34. The van der Waals surface area contributed by atoms with Gasteiger partial charge in [-0.2, -0.15) is 5.26 Å². The molecule has 0 aromatic heterocycles. The molecule has 0 fully saturated rings. The summed E-state index contributed by atoms with van der Waals surface area (Å²) in [6, 6.07) is 7.00. The van der Waals surface area contributed by atoms with Crippen LogP contribution in [0.1, 0.15) is 26.5 Å². The number of hydrogen-bond acceptors (Lipinski definition) is 3. The maximum Gasteiger partial charge on any atom is 0.340 e. The zero-order chi connectivity index (χ0) is 9.42. The lowest BCUT2D eigenvalue weighted by Crippen LogP contribution is -1.93. The lowest BCUT2D eigenvalue weighted by Gasteiger charge is -2.01. The van der Waals surface area contributed by atoms with E-state index in [2.05, 4.69) is 15.9 Å². The van der Waals surface area contributed by atoms with E-state index in [0.717, 1.165) is 0 Å². The van der Waals surface area contributed by atoms with Crippen LogP contribution in [0.2, 0.25) is 0 Å². The number of esters is 1. The van der Waals surface area contributed by atoms with E-state index in [1.54, 1.807) is 18.2 Å². The van der Waals surface area contributed by atoms with Crippen LogP contribution in [0.4, 0.5) is 0 Å². The highest BCUT2D eigenvalue weighted by Crippen LogP contribution is 2.36. The van der Waals surface area contributed by atoms with Crippen molar-refractivity contribution in [2.24, 2.45) is 0 Å². The molecular weight excluding hydrogens is 234 g/mol. The number of cyclic esters (lactones) is 1. The van der Waals surface area contributed by atoms with Gasteiger partial charge >= 0.3 is 5.97 Å². The molecule has 2 rings (SSSR count). The predicted molar refractivity (Wildman–Crippen MR) is 48.2 cm³/mol. The third-order valence-corrected chi connectivity index (χ3v) is 2.53. The first-order valence-electron chi connectivity index (χ1n) is 3.62. The van der Waals surface area contributed by atoms with Crippen LogP contribution in [-0.2, 0) is 4.74 Å². The molecule has 1 aromatic rings. The maximum absolute atomic E-state index is 11.2. The van der Waals surface area contributed by atoms with Gasteiger partial charge in [-0.05, 0) is 28.1 Å². The number of ether oxygens (including phenoxy) is 1. The zero-order valence-corrected chi connectivity index (χ0v) is 8.04. The van der Waals surface area contributed by atoms with E-state index in [1.165, 1.54) is 0 Å². The molecule has 4 heteroatoms. The molecule has 0 radical (unpaired) electrons. The summed E-state index contributed by atoms with van der Waals surface area (Å²) in [5.41, 5.74) is 1.58. The molecule has 1 aromatic carbocycles. The minimum absolute atomic E-state index is 0.381. The summed E-state index contributed by atoms with van der Waals surface area (Å²) in [6.07, 6.45) is 0. The van der Waals surface area contributed by atoms with Crippen molar-refractivity contribution in [2.75, 3.05) is 0 Å². The SMILES string of the molecule is N#Cc1cccc2c1C(Br)OC2=O. The number of carbonyl (C=O) groups excluding carboxylic acids is 1. The van der Waals surface area contributed by atoms with E-state index < -0.39 is 5.01 Å². The molecule has 0 spiro atoms. The Morgan fingerprint density at radius 3 is 3.00 bits per heavy atom. The standard InChI is InChI=1S/C9H4BrNO2/c10-8-7-5(4-11)2-1-3-6(7)9(12)13-8/h1-3,8H. The van der Waals surface area contributed by atoms with Gasteiger partial charge in [-0.25, -0.2) is 4.79 Å². The number of fused-ring (bicyclic) bond motifs is 1. The number of benzene rings is 1. The summed E-state index contributed by atoms with van der Waals surface area (Å²) in [5, 5.41) is 8.29. The Labute approximate surface area is 83.1 Å². The van der Waals surface area contributed by atoms with Gasteiger partial charge in [0.1, 0.15) is 0 Å². The number of nitrogens with zero attached hydrogens (tertiary/aromatic N) is 1. The Morgan fingerprint density at radius 2 is 2.31 bits per heavy atom. The molecule has 1 aliphatic heterocycles. The molecule has 1 unspecified atom stereocenters. The average molecular weight is 238 g/mol. The van der Waals surface area contributed by atoms with Gasteiger partial charge in [0.05, 0.1) is 17.2 Å². The lowest BCUT2D eigenvalue weighted by atomic mass is 10.0. The van der Waals surface area contributed by atoms with Crippen molar-refractivity contribution in [2.45, 2.75) is 5.01 Å². The summed E-state index contributed by atoms with van der Waals surface area (Å²) >= 11 is 3.17. The fourth-order valence-electron chi connectivity index (χ4n) is 1.30. The van der Waals surface area contributed by atoms with Gasteiger partial charge in [-0.3, -0.25) is 0 Å². The van der Waals surface area contributed by atoms with Crippen LogP contribution >= 0.6 is 15.9 Å². The van der Waals surface area contributed by atoms with Crippen molar-refractivity contribution in [3.63, 3.8) is 0 Å². The van der Waals surface area contributed by atoms with Gasteiger partial charge < -0.3 is 4.74 Å². The largest absolute Gasteiger partial charge is 0.442 e. The topological polar surface area (TPSA) is 50.1 Å². The Balaban J connectivity index is 2.70. The van der Waals surface area contributed by atoms with Crippen LogP contribution in [0, 0.1) is 11.3 Å². The molecule has 1 heterocycles.